The van der Waals surface area contributed by atoms with Crippen LogP contribution in [0, 0.1) is 6.92 Å². The molecule has 0 aliphatic carbocycles. The van der Waals surface area contributed by atoms with E-state index >= 15 is 0 Å². The molecule has 3 aromatic rings. The van der Waals surface area contributed by atoms with Crippen LogP contribution < -0.4 is 0 Å². The molecule has 1 aromatic heterocycles. The average molecular weight is 401 g/mol. The van der Waals surface area contributed by atoms with Crippen molar-refractivity contribution in [1.82, 2.24) is 9.97 Å². The lowest BCUT2D eigenvalue weighted by molar-refractivity contribution is 1.08. The van der Waals surface area contributed by atoms with Crippen molar-refractivity contribution in [3.05, 3.63) is 76.4 Å². The molecule has 3 rings (SSSR count). The number of benzene rings is 2. The fraction of sp³-hybridized carbons (Fsp3) is 0.346. The number of imidazole rings is 1. The van der Waals surface area contributed by atoms with Gasteiger partial charge in [0, 0.05) is 6.20 Å². The normalized spacial score (nSPS) is 12.5. The maximum Gasteiger partial charge on any atom is 0.152 e. The third kappa shape index (κ3) is 4.59. The number of H-pyrrole nitrogens is 1. The minimum absolute atomic E-state index is 0.782. The first kappa shape index (κ1) is 21.7. The van der Waals surface area contributed by atoms with Crippen LogP contribution in [0.15, 0.2) is 52.6 Å². The van der Waals surface area contributed by atoms with Crippen molar-refractivity contribution >= 4 is 22.8 Å². The highest BCUT2D eigenvalue weighted by atomic mass is 15.0. The van der Waals surface area contributed by atoms with Crippen LogP contribution in [-0.4, -0.2) is 21.4 Å². The summed E-state index contributed by atoms with van der Waals surface area (Å²) in [4.78, 5) is 17.9. The Morgan fingerprint density at radius 1 is 0.800 bits per heavy atom. The monoisotopic (exact) mass is 400 g/mol. The molecule has 0 radical (unpaired) electrons. The molecule has 1 N–H and O–H groups in total. The third-order valence-electron chi connectivity index (χ3n) is 5.52. The minimum Gasteiger partial charge on any atom is -0.343 e. The summed E-state index contributed by atoms with van der Waals surface area (Å²) in [7, 11) is 0. The van der Waals surface area contributed by atoms with Crippen molar-refractivity contribution in [3.8, 4) is 0 Å². The molecule has 0 bridgehead atoms. The smallest absolute Gasteiger partial charge is 0.152 e. The second-order valence-corrected chi connectivity index (χ2v) is 7.60. The first-order chi connectivity index (χ1) is 14.5. The summed E-state index contributed by atoms with van der Waals surface area (Å²) < 4.78 is 0. The molecule has 4 heteroatoms. The lowest BCUT2D eigenvalue weighted by Crippen LogP contribution is -2.01. The lowest BCUT2D eigenvalue weighted by atomic mass is 10.0. The molecule has 1 heterocycles. The average Bonchev–Trinajstić information content (AvgIpc) is 3.25. The van der Waals surface area contributed by atoms with Crippen molar-refractivity contribution in [3.63, 3.8) is 0 Å². The molecular weight excluding hydrogens is 368 g/mol. The highest BCUT2D eigenvalue weighted by Gasteiger charge is 2.11. The molecule has 0 amide bonds. The van der Waals surface area contributed by atoms with Crippen molar-refractivity contribution in [1.29, 1.82) is 0 Å². The fourth-order valence-electron chi connectivity index (χ4n) is 3.66. The number of hydrogen-bond donors (Lipinski definition) is 1. The summed E-state index contributed by atoms with van der Waals surface area (Å²) in [6.07, 6.45) is 4.81. The van der Waals surface area contributed by atoms with Gasteiger partial charge in [-0.05, 0) is 62.3 Å². The number of aryl methyl sites for hydroxylation is 4. The van der Waals surface area contributed by atoms with E-state index in [2.05, 4.69) is 69.1 Å². The van der Waals surface area contributed by atoms with Gasteiger partial charge in [-0.3, -0.25) is 4.99 Å². The van der Waals surface area contributed by atoms with Gasteiger partial charge in [0.25, 0.3) is 0 Å². The Balaban J connectivity index is 1.95. The Bertz CT molecular complexity index is 1060. The van der Waals surface area contributed by atoms with Crippen LogP contribution in [0.1, 0.15) is 68.4 Å². The number of nitrogens with one attached hydrogen (secondary N) is 1. The Labute approximate surface area is 180 Å². The zero-order chi connectivity index (χ0) is 21.7. The van der Waals surface area contributed by atoms with Crippen LogP contribution in [0.5, 0.6) is 0 Å². The van der Waals surface area contributed by atoms with Gasteiger partial charge in [0.1, 0.15) is 5.69 Å². The molecule has 0 saturated heterocycles. The van der Waals surface area contributed by atoms with Gasteiger partial charge < -0.3 is 4.98 Å². The summed E-state index contributed by atoms with van der Waals surface area (Å²) in [5, 5.41) is 0. The zero-order valence-corrected chi connectivity index (χ0v) is 19.0. The van der Waals surface area contributed by atoms with E-state index in [1.54, 1.807) is 0 Å². The second kappa shape index (κ2) is 9.66. The largest absolute Gasteiger partial charge is 0.343 e. The van der Waals surface area contributed by atoms with Crippen LogP contribution in [0.25, 0.3) is 0 Å². The van der Waals surface area contributed by atoms with E-state index in [9.17, 15) is 0 Å². The quantitative estimate of drug-likeness (QED) is 0.441. The van der Waals surface area contributed by atoms with E-state index in [1.807, 2.05) is 20.0 Å². The molecule has 0 fully saturated rings. The number of aliphatic imine (C=N–C) groups is 2. The summed E-state index contributed by atoms with van der Waals surface area (Å²) in [5.41, 5.74) is 9.75. The first-order valence-electron chi connectivity index (χ1n) is 10.8. The van der Waals surface area contributed by atoms with Gasteiger partial charge in [-0.15, -0.1) is 0 Å². The van der Waals surface area contributed by atoms with Crippen LogP contribution >= 0.6 is 0 Å². The van der Waals surface area contributed by atoms with Crippen molar-refractivity contribution < 1.29 is 0 Å². The molecular formula is C26H32N4. The van der Waals surface area contributed by atoms with E-state index in [1.165, 1.54) is 22.3 Å². The molecule has 0 aliphatic rings. The van der Waals surface area contributed by atoms with Crippen LogP contribution in [0.2, 0.25) is 0 Å². The highest BCUT2D eigenvalue weighted by molar-refractivity contribution is 6.02. The fourth-order valence-corrected chi connectivity index (χ4v) is 3.66. The van der Waals surface area contributed by atoms with Crippen molar-refractivity contribution in [2.75, 3.05) is 0 Å². The summed E-state index contributed by atoms with van der Waals surface area (Å²) in [6.45, 7) is 12.6. The maximum atomic E-state index is 4.96. The van der Waals surface area contributed by atoms with E-state index in [0.717, 1.165) is 53.6 Å². The van der Waals surface area contributed by atoms with Crippen molar-refractivity contribution in [2.24, 2.45) is 9.98 Å². The second-order valence-electron chi connectivity index (χ2n) is 7.60. The van der Waals surface area contributed by atoms with Gasteiger partial charge in [0.05, 0.1) is 22.8 Å². The third-order valence-corrected chi connectivity index (χ3v) is 5.52. The Morgan fingerprint density at radius 3 is 1.93 bits per heavy atom. The molecule has 0 saturated carbocycles. The van der Waals surface area contributed by atoms with E-state index < -0.39 is 0 Å². The van der Waals surface area contributed by atoms with Gasteiger partial charge in [0.2, 0.25) is 0 Å². The van der Waals surface area contributed by atoms with Gasteiger partial charge in [0.15, 0.2) is 5.82 Å². The molecule has 0 spiro atoms. The number of nitrogens with zero attached hydrogens (tertiary/aromatic N) is 3. The van der Waals surface area contributed by atoms with Gasteiger partial charge >= 0.3 is 0 Å². The predicted molar refractivity (Wildman–Crippen MR) is 128 cm³/mol. The molecule has 2 aromatic carbocycles. The van der Waals surface area contributed by atoms with E-state index in [0.29, 0.717) is 0 Å². The minimum atomic E-state index is 0.782. The maximum absolute atomic E-state index is 4.96. The molecule has 30 heavy (non-hydrogen) atoms. The number of aromatic nitrogens is 2. The standard InChI is InChI=1S/C26H32N4/c1-7-20-13-10-12-17(4)24(20)29-19(6)26-27-16-23(30-26)18(5)28-25-21(8-2)14-11-15-22(25)9-3/h10-16H,7-9H2,1-6H3,(H,27,30)/b28-18+,29-19+. The summed E-state index contributed by atoms with van der Waals surface area (Å²) >= 11 is 0. The predicted octanol–water partition coefficient (Wildman–Crippen LogP) is 6.69. The van der Waals surface area contributed by atoms with Gasteiger partial charge in [-0.2, -0.15) is 0 Å². The Kier molecular flexibility index (Phi) is 6.99. The zero-order valence-electron chi connectivity index (χ0n) is 19.0. The topological polar surface area (TPSA) is 53.4 Å². The number of para-hydroxylation sites is 2. The molecule has 4 nitrogen and oxygen atoms in total. The lowest BCUT2D eigenvalue weighted by Gasteiger charge is -2.09. The number of aromatic amines is 1. The summed E-state index contributed by atoms with van der Waals surface area (Å²) in [5.74, 6) is 0.782. The van der Waals surface area contributed by atoms with Gasteiger partial charge in [-0.25, -0.2) is 9.98 Å². The van der Waals surface area contributed by atoms with E-state index in [4.69, 9.17) is 15.0 Å². The highest BCUT2D eigenvalue weighted by Crippen LogP contribution is 2.27. The van der Waals surface area contributed by atoms with Crippen LogP contribution in [0.4, 0.5) is 11.4 Å². The van der Waals surface area contributed by atoms with Gasteiger partial charge in [-0.1, -0.05) is 57.2 Å². The van der Waals surface area contributed by atoms with Crippen molar-refractivity contribution in [2.45, 2.75) is 60.8 Å². The molecule has 0 unspecified atom stereocenters. The Hall–Kier alpha value is -3.01. The van der Waals surface area contributed by atoms with E-state index in [-0.39, 0.29) is 0 Å². The first-order valence-corrected chi connectivity index (χ1v) is 10.8. The molecule has 0 atom stereocenters. The Morgan fingerprint density at radius 2 is 1.33 bits per heavy atom. The number of hydrogen-bond acceptors (Lipinski definition) is 3. The summed E-state index contributed by atoms with van der Waals surface area (Å²) in [6, 6.07) is 12.8. The van der Waals surface area contributed by atoms with Crippen LogP contribution in [0.3, 0.4) is 0 Å². The molecule has 156 valence electrons. The number of rotatable bonds is 7. The SMILES string of the molecule is CCc1cccc(C)c1/N=C(\C)c1nc(/C(C)=N/c2c(CC)cccc2CC)c[nH]1. The van der Waals surface area contributed by atoms with Crippen LogP contribution in [-0.2, 0) is 19.3 Å². The molecule has 0 aliphatic heterocycles.